The van der Waals surface area contributed by atoms with Gasteiger partial charge in [-0.05, 0) is 48.4 Å². The van der Waals surface area contributed by atoms with E-state index in [9.17, 15) is 14.0 Å². The zero-order valence-electron chi connectivity index (χ0n) is 15.5. The van der Waals surface area contributed by atoms with Gasteiger partial charge in [0.05, 0.1) is 12.5 Å². The molecular formula is C23H21FN2O2. The van der Waals surface area contributed by atoms with Gasteiger partial charge in [0, 0.05) is 11.3 Å². The molecule has 0 aliphatic heterocycles. The molecule has 0 aromatic heterocycles. The molecule has 3 rings (SSSR count). The van der Waals surface area contributed by atoms with E-state index in [1.54, 1.807) is 31.2 Å². The maximum atomic E-state index is 13.3. The van der Waals surface area contributed by atoms with E-state index in [0.29, 0.717) is 16.8 Å². The SMILES string of the molecule is Cc1cc(F)ccc1NC(=O)C[C@@H](NC(=O)c1ccccc1)c1ccccc1. The minimum Gasteiger partial charge on any atom is -0.345 e. The van der Waals surface area contributed by atoms with Crippen molar-refractivity contribution in [1.29, 1.82) is 0 Å². The van der Waals surface area contributed by atoms with Crippen molar-refractivity contribution in [2.45, 2.75) is 19.4 Å². The zero-order chi connectivity index (χ0) is 19.9. The molecule has 1 atom stereocenters. The lowest BCUT2D eigenvalue weighted by Gasteiger charge is -2.19. The summed E-state index contributed by atoms with van der Waals surface area (Å²) in [6, 6.07) is 21.9. The summed E-state index contributed by atoms with van der Waals surface area (Å²) in [7, 11) is 0. The van der Waals surface area contributed by atoms with E-state index in [4.69, 9.17) is 0 Å². The number of hydrogen-bond donors (Lipinski definition) is 2. The minimum absolute atomic E-state index is 0.0550. The number of anilines is 1. The first kappa shape index (κ1) is 19.3. The fourth-order valence-corrected chi connectivity index (χ4v) is 2.92. The average molecular weight is 376 g/mol. The van der Waals surface area contributed by atoms with Gasteiger partial charge in [0.1, 0.15) is 5.82 Å². The molecule has 0 bridgehead atoms. The molecule has 0 aliphatic rings. The zero-order valence-corrected chi connectivity index (χ0v) is 15.5. The first-order valence-electron chi connectivity index (χ1n) is 9.00. The Morgan fingerprint density at radius 3 is 2.21 bits per heavy atom. The van der Waals surface area contributed by atoms with Crippen molar-refractivity contribution in [2.75, 3.05) is 5.32 Å². The number of rotatable bonds is 6. The highest BCUT2D eigenvalue weighted by Gasteiger charge is 2.19. The molecule has 0 radical (unpaired) electrons. The van der Waals surface area contributed by atoms with Gasteiger partial charge in [-0.25, -0.2) is 4.39 Å². The fraction of sp³-hybridized carbons (Fsp3) is 0.130. The number of halogens is 1. The molecule has 0 heterocycles. The van der Waals surface area contributed by atoms with Gasteiger partial charge < -0.3 is 10.6 Å². The second-order valence-electron chi connectivity index (χ2n) is 6.51. The molecule has 0 unspecified atom stereocenters. The summed E-state index contributed by atoms with van der Waals surface area (Å²) in [4.78, 5) is 25.2. The van der Waals surface area contributed by atoms with Crippen LogP contribution in [0, 0.1) is 12.7 Å². The van der Waals surface area contributed by atoms with Crippen LogP contribution in [0.5, 0.6) is 0 Å². The summed E-state index contributed by atoms with van der Waals surface area (Å²) < 4.78 is 13.3. The number of amides is 2. The summed E-state index contributed by atoms with van der Waals surface area (Å²) in [6.07, 6.45) is 0.0550. The van der Waals surface area contributed by atoms with Crippen molar-refractivity contribution < 1.29 is 14.0 Å². The Morgan fingerprint density at radius 2 is 1.57 bits per heavy atom. The minimum atomic E-state index is -0.491. The first-order valence-corrected chi connectivity index (χ1v) is 9.00. The molecule has 0 saturated heterocycles. The maximum Gasteiger partial charge on any atom is 0.251 e. The summed E-state index contributed by atoms with van der Waals surface area (Å²) in [5.41, 5.74) is 2.54. The Labute approximate surface area is 163 Å². The molecule has 0 aliphatic carbocycles. The number of benzene rings is 3. The quantitative estimate of drug-likeness (QED) is 0.659. The molecule has 3 aromatic rings. The molecule has 3 aromatic carbocycles. The van der Waals surface area contributed by atoms with Crippen LogP contribution in [0.1, 0.15) is 33.9 Å². The van der Waals surface area contributed by atoms with Gasteiger partial charge in [-0.15, -0.1) is 0 Å². The van der Waals surface area contributed by atoms with Crippen molar-refractivity contribution >= 4 is 17.5 Å². The summed E-state index contributed by atoms with van der Waals surface area (Å²) in [6.45, 7) is 1.73. The molecule has 4 nitrogen and oxygen atoms in total. The molecule has 2 N–H and O–H groups in total. The van der Waals surface area contributed by atoms with Gasteiger partial charge in [0.25, 0.3) is 5.91 Å². The van der Waals surface area contributed by atoms with Crippen LogP contribution in [-0.2, 0) is 4.79 Å². The van der Waals surface area contributed by atoms with E-state index in [-0.39, 0.29) is 24.1 Å². The van der Waals surface area contributed by atoms with Crippen LogP contribution in [0.2, 0.25) is 0 Å². The molecule has 0 saturated carbocycles. The van der Waals surface area contributed by atoms with Crippen LogP contribution in [0.15, 0.2) is 78.9 Å². The molecular weight excluding hydrogens is 355 g/mol. The maximum absolute atomic E-state index is 13.3. The Balaban J connectivity index is 1.75. The lowest BCUT2D eigenvalue weighted by atomic mass is 10.0. The Bertz CT molecular complexity index is 959. The number of hydrogen-bond acceptors (Lipinski definition) is 2. The van der Waals surface area contributed by atoms with E-state index in [1.807, 2.05) is 36.4 Å². The van der Waals surface area contributed by atoms with Gasteiger partial charge in [-0.3, -0.25) is 9.59 Å². The van der Waals surface area contributed by atoms with Crippen LogP contribution in [0.25, 0.3) is 0 Å². The van der Waals surface area contributed by atoms with Gasteiger partial charge in [-0.2, -0.15) is 0 Å². The number of aryl methyl sites for hydroxylation is 1. The average Bonchev–Trinajstić information content (AvgIpc) is 2.71. The molecule has 2 amide bonds. The van der Waals surface area contributed by atoms with E-state index < -0.39 is 6.04 Å². The van der Waals surface area contributed by atoms with Gasteiger partial charge in [-0.1, -0.05) is 48.5 Å². The fourth-order valence-electron chi connectivity index (χ4n) is 2.92. The van der Waals surface area contributed by atoms with E-state index in [2.05, 4.69) is 10.6 Å². The molecule has 0 fully saturated rings. The molecule has 5 heteroatoms. The van der Waals surface area contributed by atoms with Crippen molar-refractivity contribution in [2.24, 2.45) is 0 Å². The first-order chi connectivity index (χ1) is 13.5. The largest absolute Gasteiger partial charge is 0.345 e. The summed E-state index contributed by atoms with van der Waals surface area (Å²) >= 11 is 0. The second kappa shape index (κ2) is 8.95. The Hall–Kier alpha value is -3.47. The predicted molar refractivity (Wildman–Crippen MR) is 107 cm³/mol. The highest BCUT2D eigenvalue weighted by molar-refractivity contribution is 5.96. The van der Waals surface area contributed by atoms with Gasteiger partial charge in [0.2, 0.25) is 5.91 Å². The van der Waals surface area contributed by atoms with Crippen LogP contribution in [0.4, 0.5) is 10.1 Å². The second-order valence-corrected chi connectivity index (χ2v) is 6.51. The highest BCUT2D eigenvalue weighted by atomic mass is 19.1. The summed E-state index contributed by atoms with van der Waals surface area (Å²) in [5, 5.41) is 5.72. The standard InChI is InChI=1S/C23H21FN2O2/c1-16-14-19(24)12-13-20(16)25-22(27)15-21(17-8-4-2-5-9-17)26-23(28)18-10-6-3-7-11-18/h2-14,21H,15H2,1H3,(H,25,27)(H,26,28)/t21-/m1/s1. The molecule has 142 valence electrons. The van der Waals surface area contributed by atoms with Gasteiger partial charge in [0.15, 0.2) is 0 Å². The van der Waals surface area contributed by atoms with Gasteiger partial charge >= 0.3 is 0 Å². The topological polar surface area (TPSA) is 58.2 Å². The molecule has 0 spiro atoms. The number of nitrogens with one attached hydrogen (secondary N) is 2. The van der Waals surface area contributed by atoms with Crippen LogP contribution < -0.4 is 10.6 Å². The molecule has 28 heavy (non-hydrogen) atoms. The van der Waals surface area contributed by atoms with Crippen molar-refractivity contribution in [3.63, 3.8) is 0 Å². The van der Waals surface area contributed by atoms with E-state index in [0.717, 1.165) is 5.56 Å². The highest BCUT2D eigenvalue weighted by Crippen LogP contribution is 2.20. The lowest BCUT2D eigenvalue weighted by molar-refractivity contribution is -0.116. The van der Waals surface area contributed by atoms with Crippen molar-refractivity contribution in [1.82, 2.24) is 5.32 Å². The number of carbonyl (C=O) groups excluding carboxylic acids is 2. The number of carbonyl (C=O) groups is 2. The normalized spacial score (nSPS) is 11.5. The van der Waals surface area contributed by atoms with Crippen LogP contribution >= 0.6 is 0 Å². The summed E-state index contributed by atoms with van der Waals surface area (Å²) in [5.74, 6) is -0.870. The van der Waals surface area contributed by atoms with E-state index in [1.165, 1.54) is 18.2 Å². The third kappa shape index (κ3) is 5.04. The Morgan fingerprint density at radius 1 is 0.929 bits per heavy atom. The third-order valence-electron chi connectivity index (χ3n) is 4.40. The van der Waals surface area contributed by atoms with Crippen molar-refractivity contribution in [3.05, 3.63) is 101 Å². The van der Waals surface area contributed by atoms with Crippen LogP contribution in [-0.4, -0.2) is 11.8 Å². The third-order valence-corrected chi connectivity index (χ3v) is 4.40. The lowest BCUT2D eigenvalue weighted by Crippen LogP contribution is -2.31. The Kier molecular flexibility index (Phi) is 6.17. The predicted octanol–water partition coefficient (Wildman–Crippen LogP) is 4.63. The smallest absolute Gasteiger partial charge is 0.251 e. The van der Waals surface area contributed by atoms with Crippen LogP contribution in [0.3, 0.4) is 0 Å². The van der Waals surface area contributed by atoms with Crippen molar-refractivity contribution in [3.8, 4) is 0 Å². The monoisotopic (exact) mass is 376 g/mol. The van der Waals surface area contributed by atoms with E-state index >= 15 is 0 Å².